The van der Waals surface area contributed by atoms with Gasteiger partial charge in [0.15, 0.2) is 27.9 Å². The van der Waals surface area contributed by atoms with Crippen molar-refractivity contribution in [3.63, 3.8) is 0 Å². The van der Waals surface area contributed by atoms with Crippen LogP contribution in [-0.2, 0) is 42.9 Å². The van der Waals surface area contributed by atoms with Crippen LogP contribution in [0.5, 0.6) is 5.75 Å². The molecule has 1 heterocycles. The number of fused-ring (bicyclic) bond motifs is 1. The lowest BCUT2D eigenvalue weighted by Crippen LogP contribution is -2.10. The molecule has 25 heteroatoms. The Hall–Kier alpha value is -4.28. The molecule has 1 aromatic heterocycles. The summed E-state index contributed by atoms with van der Waals surface area (Å²) in [5.74, 6) is -0.864. The molecule has 0 aliphatic heterocycles. The Kier molecular flexibility index (Phi) is 13.1. The summed E-state index contributed by atoms with van der Waals surface area (Å²) in [6, 6.07) is 17.0. The van der Waals surface area contributed by atoms with E-state index >= 15 is 0 Å². The monoisotopic (exact) mass is 815 g/mol. The van der Waals surface area contributed by atoms with Crippen molar-refractivity contribution in [2.45, 2.75) is 14.7 Å². The van der Waals surface area contributed by atoms with Crippen molar-refractivity contribution in [1.29, 1.82) is 0 Å². The summed E-state index contributed by atoms with van der Waals surface area (Å²) in [6.07, 6.45) is 0. The highest BCUT2D eigenvalue weighted by Gasteiger charge is 2.18. The smallest absolute Gasteiger partial charge is 0.294 e. The number of aromatic nitrogens is 3. The Morgan fingerprint density at radius 2 is 1.50 bits per heavy atom. The summed E-state index contributed by atoms with van der Waals surface area (Å²) in [5.41, 5.74) is 0.713. The first-order valence-corrected chi connectivity index (χ1v) is 18.7. The van der Waals surface area contributed by atoms with Crippen molar-refractivity contribution in [1.82, 2.24) is 15.0 Å². The van der Waals surface area contributed by atoms with Crippen molar-refractivity contribution in [3.05, 3.63) is 78.1 Å². The number of anilines is 4. The van der Waals surface area contributed by atoms with Gasteiger partial charge in [0.05, 0.1) is 44.8 Å². The average Bonchev–Trinajstić information content (AvgIpc) is 3.10. The van der Waals surface area contributed by atoms with Gasteiger partial charge in [0.1, 0.15) is 5.69 Å². The molecule has 274 valence electrons. The highest BCUT2D eigenvalue weighted by atomic mass is 35.5. The Labute approximate surface area is 306 Å². The molecule has 20 nitrogen and oxygen atoms in total. The standard InChI is InChI=1S/C27H22ClN7O13S4/c28-25-31-26(29-17-2-1-3-20(13-17)52(41,42)43)33-27(32-25)30-18-5-4-15-12-22(49-47-45-37)23(24(36)21(15)14-18)35-34-16-6-8-19(9-7-16)51(39,40)11-10-44-50-48-46-38/h1-9,12-14,36-38H,10-11H2,(H,41,42,43)(H2,29,30,31,32,33). The fourth-order valence-electron chi connectivity index (χ4n) is 4.24. The van der Waals surface area contributed by atoms with Gasteiger partial charge in [-0.2, -0.15) is 28.5 Å². The lowest BCUT2D eigenvalue weighted by atomic mass is 10.1. The number of hydrogen-bond acceptors (Lipinski definition) is 21. The van der Waals surface area contributed by atoms with E-state index in [1.54, 1.807) is 18.2 Å². The van der Waals surface area contributed by atoms with E-state index in [2.05, 4.69) is 54.6 Å². The van der Waals surface area contributed by atoms with Crippen LogP contribution in [-0.4, -0.2) is 64.3 Å². The maximum Gasteiger partial charge on any atom is 0.294 e. The van der Waals surface area contributed by atoms with Gasteiger partial charge in [-0.05, 0) is 77.7 Å². The van der Waals surface area contributed by atoms with Crippen LogP contribution in [0.2, 0.25) is 5.28 Å². The van der Waals surface area contributed by atoms with Gasteiger partial charge < -0.3 is 15.7 Å². The molecule has 0 saturated heterocycles. The summed E-state index contributed by atoms with van der Waals surface area (Å²) >= 11 is 6.88. The van der Waals surface area contributed by atoms with Crippen molar-refractivity contribution in [2.24, 2.45) is 10.2 Å². The zero-order chi connectivity index (χ0) is 37.3. The first-order chi connectivity index (χ1) is 24.9. The summed E-state index contributed by atoms with van der Waals surface area (Å²) in [4.78, 5) is 12.0. The van der Waals surface area contributed by atoms with Crippen molar-refractivity contribution < 1.29 is 59.9 Å². The van der Waals surface area contributed by atoms with Crippen molar-refractivity contribution in [3.8, 4) is 5.75 Å². The Bertz CT molecular complexity index is 2310. The summed E-state index contributed by atoms with van der Waals surface area (Å²) in [7, 11) is -8.22. The lowest BCUT2D eigenvalue weighted by molar-refractivity contribution is -0.434. The van der Waals surface area contributed by atoms with Gasteiger partial charge in [-0.15, -0.1) is 13.8 Å². The van der Waals surface area contributed by atoms with E-state index in [4.69, 9.17) is 26.3 Å². The molecule has 52 heavy (non-hydrogen) atoms. The second-order valence-corrected chi connectivity index (χ2v) is 14.9. The Morgan fingerprint density at radius 1 is 0.808 bits per heavy atom. The molecule has 0 spiro atoms. The van der Waals surface area contributed by atoms with Gasteiger partial charge in [0, 0.05) is 16.8 Å². The molecule has 4 aromatic carbocycles. The third kappa shape index (κ3) is 10.4. The molecule has 6 N–H and O–H groups in total. The van der Waals surface area contributed by atoms with E-state index in [9.17, 15) is 26.5 Å². The van der Waals surface area contributed by atoms with Crippen LogP contribution >= 0.6 is 36.0 Å². The minimum atomic E-state index is -4.46. The van der Waals surface area contributed by atoms with E-state index in [0.717, 1.165) is 0 Å². The Balaban J connectivity index is 1.38. The van der Waals surface area contributed by atoms with E-state index in [1.165, 1.54) is 54.6 Å². The number of azo groups is 1. The van der Waals surface area contributed by atoms with Crippen LogP contribution in [0.4, 0.5) is 34.6 Å². The number of halogens is 1. The quantitative estimate of drug-likeness (QED) is 0.0141. The SMILES string of the molecule is O=S(=O)(O)c1cccc(Nc2nc(Cl)nc(Nc3ccc4cc(SOOO)c(N=Nc5ccc(S(=O)(=O)CCOSOOO)cc5)c(O)c4c3)n2)c1. The molecule has 0 bridgehead atoms. The normalized spacial score (nSPS) is 12.1. The van der Waals surface area contributed by atoms with Gasteiger partial charge >= 0.3 is 0 Å². The largest absolute Gasteiger partial charge is 0.505 e. The van der Waals surface area contributed by atoms with Gasteiger partial charge in [-0.25, -0.2) is 18.9 Å². The highest BCUT2D eigenvalue weighted by molar-refractivity contribution is 7.94. The number of aromatic hydroxyl groups is 1. The molecule has 0 aliphatic carbocycles. The summed E-state index contributed by atoms with van der Waals surface area (Å²) < 4.78 is 70.9. The zero-order valence-electron chi connectivity index (χ0n) is 25.6. The second-order valence-electron chi connectivity index (χ2n) is 9.78. The van der Waals surface area contributed by atoms with E-state index in [0.29, 0.717) is 23.1 Å². The van der Waals surface area contributed by atoms with Gasteiger partial charge in [-0.3, -0.25) is 8.74 Å². The van der Waals surface area contributed by atoms with Crippen LogP contribution in [0.1, 0.15) is 0 Å². The summed E-state index contributed by atoms with van der Waals surface area (Å²) in [5, 5.41) is 49.6. The van der Waals surface area contributed by atoms with Gasteiger partial charge in [-0.1, -0.05) is 22.2 Å². The molecule has 0 saturated carbocycles. The molecule has 0 atom stereocenters. The number of phenols is 1. The number of phenolic OH excluding ortho intramolecular Hbond substituents is 1. The van der Waals surface area contributed by atoms with Crippen LogP contribution in [0.3, 0.4) is 0 Å². The number of hydrogen-bond donors (Lipinski definition) is 6. The molecule has 5 rings (SSSR count). The van der Waals surface area contributed by atoms with E-state index < -0.39 is 25.7 Å². The highest BCUT2D eigenvalue weighted by Crippen LogP contribution is 2.44. The van der Waals surface area contributed by atoms with Gasteiger partial charge in [0.25, 0.3) is 10.1 Å². The first-order valence-electron chi connectivity index (χ1n) is 13.8. The molecule has 0 aliphatic rings. The summed E-state index contributed by atoms with van der Waals surface area (Å²) in [6.45, 7) is -0.269. The third-order valence-corrected chi connectivity index (χ3v) is 10.2. The van der Waals surface area contributed by atoms with Crippen LogP contribution < -0.4 is 10.6 Å². The average molecular weight is 816 g/mol. The van der Waals surface area contributed by atoms with Crippen LogP contribution in [0.25, 0.3) is 10.8 Å². The number of benzene rings is 4. The van der Waals surface area contributed by atoms with Crippen molar-refractivity contribution >= 4 is 101 Å². The maximum absolute atomic E-state index is 12.6. The predicted molar refractivity (Wildman–Crippen MR) is 185 cm³/mol. The molecule has 0 fully saturated rings. The maximum atomic E-state index is 12.6. The van der Waals surface area contributed by atoms with E-state index in [1.807, 2.05) is 0 Å². The fourth-order valence-corrected chi connectivity index (χ4v) is 6.83. The number of rotatable bonds is 17. The topological polar surface area (TPSA) is 283 Å². The molecule has 0 unspecified atom stereocenters. The fraction of sp³-hybridized carbons (Fsp3) is 0.0741. The van der Waals surface area contributed by atoms with Crippen LogP contribution in [0.15, 0.2) is 97.7 Å². The minimum Gasteiger partial charge on any atom is -0.505 e. The molecule has 5 aromatic rings. The molecular formula is C27H22ClN7O13S4. The first kappa shape index (κ1) is 38.9. The molecule has 0 radical (unpaired) electrons. The third-order valence-electron chi connectivity index (χ3n) is 6.46. The Morgan fingerprint density at radius 3 is 2.17 bits per heavy atom. The van der Waals surface area contributed by atoms with Crippen LogP contribution in [0, 0.1) is 0 Å². The van der Waals surface area contributed by atoms with Gasteiger partial charge in [0.2, 0.25) is 17.2 Å². The number of sulfone groups is 1. The molecular weight excluding hydrogens is 794 g/mol. The number of nitrogens with one attached hydrogen (secondary N) is 2. The minimum absolute atomic E-state index is 0.0324. The molecule has 0 amide bonds. The lowest BCUT2D eigenvalue weighted by Gasteiger charge is -2.12. The van der Waals surface area contributed by atoms with Crippen molar-refractivity contribution in [2.75, 3.05) is 23.0 Å². The number of nitrogens with zero attached hydrogens (tertiary/aromatic N) is 5. The predicted octanol–water partition coefficient (Wildman–Crippen LogP) is 6.74. The second kappa shape index (κ2) is 17.5. The zero-order valence-corrected chi connectivity index (χ0v) is 29.6. The van der Waals surface area contributed by atoms with E-state index in [-0.39, 0.29) is 79.0 Å².